The summed E-state index contributed by atoms with van der Waals surface area (Å²) < 4.78 is 49.9. The van der Waals surface area contributed by atoms with Crippen LogP contribution in [0.25, 0.3) is 10.9 Å². The fourth-order valence-corrected chi connectivity index (χ4v) is 5.92. The lowest BCUT2D eigenvalue weighted by Crippen LogP contribution is -2.48. The van der Waals surface area contributed by atoms with Crippen LogP contribution in [-0.2, 0) is 13.6 Å². The first-order valence-corrected chi connectivity index (χ1v) is 16.3. The van der Waals surface area contributed by atoms with Crippen LogP contribution >= 0.6 is 11.6 Å². The third kappa shape index (κ3) is 8.03. The molecule has 3 heterocycles. The average molecular weight is 706 g/mol. The highest BCUT2D eigenvalue weighted by Gasteiger charge is 2.28. The fourth-order valence-electron chi connectivity index (χ4n) is 5.80. The van der Waals surface area contributed by atoms with Gasteiger partial charge in [0.1, 0.15) is 17.2 Å². The van der Waals surface area contributed by atoms with E-state index < -0.39 is 12.8 Å². The molecule has 0 unspecified atom stereocenters. The van der Waals surface area contributed by atoms with E-state index in [1.54, 1.807) is 55.7 Å². The summed E-state index contributed by atoms with van der Waals surface area (Å²) in [6, 6.07) is 22.6. The van der Waals surface area contributed by atoms with Crippen LogP contribution in [0, 0.1) is 6.92 Å². The lowest BCUT2D eigenvalue weighted by Gasteiger charge is -2.34. The van der Waals surface area contributed by atoms with Crippen molar-refractivity contribution in [1.82, 2.24) is 19.4 Å². The van der Waals surface area contributed by atoms with Crippen LogP contribution in [0.1, 0.15) is 32.0 Å². The second kappa shape index (κ2) is 14.4. The molecular weight excluding hydrogens is 671 g/mol. The highest BCUT2D eigenvalue weighted by molar-refractivity contribution is 6.31. The number of halogens is 4. The molecular formula is C37H35ClF3N5O4. The lowest BCUT2D eigenvalue weighted by molar-refractivity contribution is -0.153. The molecule has 1 fully saturated rings. The minimum atomic E-state index is -4.38. The number of ether oxygens (including phenoxy) is 2. The summed E-state index contributed by atoms with van der Waals surface area (Å²) in [4.78, 5) is 36.5. The Balaban J connectivity index is 1.04. The molecule has 1 aliphatic heterocycles. The van der Waals surface area contributed by atoms with E-state index in [9.17, 15) is 22.8 Å². The van der Waals surface area contributed by atoms with Crippen molar-refractivity contribution in [2.45, 2.75) is 19.6 Å². The van der Waals surface area contributed by atoms with Crippen LogP contribution in [0.3, 0.4) is 0 Å². The van der Waals surface area contributed by atoms with Gasteiger partial charge < -0.3 is 23.8 Å². The molecule has 1 aliphatic rings. The minimum absolute atomic E-state index is 0.0679. The standard InChI is InChI=1S/C37H35ClF3N5O4/c1-24-18-27(7-12-31(24)38)35(47)43(2)28-8-13-34(42-21-28)50-30-11-6-26-19-33(44(3)32(26)20-30)36(48)46-16-14-45(15-17-46)22-25-4-9-29(10-5-25)49-23-37(39,40)41/h4-13,18-21H,14-17,22-23H2,1-3H3. The van der Waals surface area contributed by atoms with E-state index in [-0.39, 0.29) is 17.6 Å². The minimum Gasteiger partial charge on any atom is -0.484 e. The van der Waals surface area contributed by atoms with Gasteiger partial charge in [0, 0.05) is 74.9 Å². The number of benzene rings is 3. The van der Waals surface area contributed by atoms with E-state index in [0.717, 1.165) is 22.0 Å². The molecule has 1 saturated heterocycles. The second-order valence-corrected chi connectivity index (χ2v) is 12.6. The molecule has 9 nitrogen and oxygen atoms in total. The number of amides is 2. The zero-order chi connectivity index (χ0) is 35.6. The van der Waals surface area contributed by atoms with Crippen molar-refractivity contribution in [2.24, 2.45) is 7.05 Å². The number of carbonyl (C=O) groups is 2. The van der Waals surface area contributed by atoms with Crippen LogP contribution in [0.2, 0.25) is 5.02 Å². The summed E-state index contributed by atoms with van der Waals surface area (Å²) in [6.45, 7) is 3.56. The van der Waals surface area contributed by atoms with Gasteiger partial charge in [0.15, 0.2) is 6.61 Å². The Kier molecular flexibility index (Phi) is 10.0. The molecule has 50 heavy (non-hydrogen) atoms. The Morgan fingerprint density at radius 2 is 1.64 bits per heavy atom. The van der Waals surface area contributed by atoms with E-state index in [0.29, 0.717) is 66.3 Å². The number of pyridine rings is 1. The molecule has 5 aromatic rings. The van der Waals surface area contributed by atoms with Gasteiger partial charge in [-0.15, -0.1) is 0 Å². The topological polar surface area (TPSA) is 80.1 Å². The van der Waals surface area contributed by atoms with Gasteiger partial charge in [-0.3, -0.25) is 14.5 Å². The Hall–Kier alpha value is -5.07. The predicted octanol–water partition coefficient (Wildman–Crippen LogP) is 7.50. The lowest BCUT2D eigenvalue weighted by atomic mass is 10.1. The molecule has 6 rings (SSSR count). The number of piperazine rings is 1. The number of carbonyl (C=O) groups excluding carboxylic acids is 2. The van der Waals surface area contributed by atoms with Crippen molar-refractivity contribution in [3.05, 3.63) is 112 Å². The van der Waals surface area contributed by atoms with Gasteiger partial charge in [-0.25, -0.2) is 4.98 Å². The molecule has 0 radical (unpaired) electrons. The molecule has 0 atom stereocenters. The number of aryl methyl sites for hydroxylation is 2. The van der Waals surface area contributed by atoms with Crippen LogP contribution in [0.15, 0.2) is 85.1 Å². The number of anilines is 1. The second-order valence-electron chi connectivity index (χ2n) is 12.2. The third-order valence-electron chi connectivity index (χ3n) is 8.67. The first kappa shape index (κ1) is 34.8. The quantitative estimate of drug-likeness (QED) is 0.158. The largest absolute Gasteiger partial charge is 0.484 e. The van der Waals surface area contributed by atoms with E-state index in [2.05, 4.69) is 9.88 Å². The predicted molar refractivity (Wildman–Crippen MR) is 185 cm³/mol. The number of rotatable bonds is 9. The van der Waals surface area contributed by atoms with Gasteiger partial charge >= 0.3 is 6.18 Å². The molecule has 0 bridgehead atoms. The van der Waals surface area contributed by atoms with E-state index in [4.69, 9.17) is 21.1 Å². The van der Waals surface area contributed by atoms with E-state index in [1.165, 1.54) is 17.0 Å². The van der Waals surface area contributed by atoms with Crippen molar-refractivity contribution >= 4 is 40.0 Å². The summed E-state index contributed by atoms with van der Waals surface area (Å²) >= 11 is 6.11. The van der Waals surface area contributed by atoms with Gasteiger partial charge in [-0.1, -0.05) is 23.7 Å². The zero-order valence-electron chi connectivity index (χ0n) is 27.7. The molecule has 2 amide bonds. The molecule has 3 aromatic carbocycles. The molecule has 0 N–H and O–H groups in total. The van der Waals surface area contributed by atoms with Gasteiger partial charge in [0.25, 0.3) is 11.8 Å². The van der Waals surface area contributed by atoms with Crippen molar-refractivity contribution < 1.29 is 32.2 Å². The number of fused-ring (bicyclic) bond motifs is 1. The van der Waals surface area contributed by atoms with Crippen LogP contribution in [0.5, 0.6) is 17.4 Å². The summed E-state index contributed by atoms with van der Waals surface area (Å²) in [5.41, 5.74) is 4.28. The molecule has 2 aromatic heterocycles. The van der Waals surface area contributed by atoms with Gasteiger partial charge in [-0.2, -0.15) is 13.2 Å². The number of hydrogen-bond donors (Lipinski definition) is 0. The number of aromatic nitrogens is 2. The summed E-state index contributed by atoms with van der Waals surface area (Å²) in [5.74, 6) is 0.815. The SMILES string of the molecule is Cc1cc(C(=O)N(C)c2ccc(Oc3ccc4cc(C(=O)N5CCN(Cc6ccc(OCC(F)(F)F)cc6)CC5)n(C)c4c3)nc2)ccc1Cl. The van der Waals surface area contributed by atoms with Gasteiger partial charge in [0.2, 0.25) is 5.88 Å². The maximum atomic E-state index is 13.6. The summed E-state index contributed by atoms with van der Waals surface area (Å²) in [6.07, 6.45) is -2.81. The number of hydrogen-bond acceptors (Lipinski definition) is 6. The van der Waals surface area contributed by atoms with Crippen LogP contribution in [-0.4, -0.2) is 77.2 Å². The summed E-state index contributed by atoms with van der Waals surface area (Å²) in [7, 11) is 3.53. The third-order valence-corrected chi connectivity index (χ3v) is 9.09. The first-order valence-electron chi connectivity index (χ1n) is 15.9. The monoisotopic (exact) mass is 705 g/mol. The molecule has 260 valence electrons. The maximum Gasteiger partial charge on any atom is 0.422 e. The van der Waals surface area contributed by atoms with Crippen LogP contribution in [0.4, 0.5) is 18.9 Å². The highest BCUT2D eigenvalue weighted by Crippen LogP contribution is 2.29. The average Bonchev–Trinajstić information content (AvgIpc) is 3.43. The van der Waals surface area contributed by atoms with Crippen LogP contribution < -0.4 is 14.4 Å². The molecule has 0 aliphatic carbocycles. The Morgan fingerprint density at radius 3 is 2.30 bits per heavy atom. The maximum absolute atomic E-state index is 13.6. The Morgan fingerprint density at radius 1 is 0.920 bits per heavy atom. The van der Waals surface area contributed by atoms with Gasteiger partial charge in [-0.05, 0) is 72.6 Å². The molecule has 0 spiro atoms. The molecule has 13 heteroatoms. The zero-order valence-corrected chi connectivity index (χ0v) is 28.5. The smallest absolute Gasteiger partial charge is 0.422 e. The number of nitrogens with zero attached hydrogens (tertiary/aromatic N) is 5. The van der Waals surface area contributed by atoms with Gasteiger partial charge in [0.05, 0.1) is 17.4 Å². The van der Waals surface area contributed by atoms with E-state index in [1.807, 2.05) is 47.7 Å². The number of alkyl halides is 3. The summed E-state index contributed by atoms with van der Waals surface area (Å²) in [5, 5.41) is 1.49. The van der Waals surface area contributed by atoms with E-state index >= 15 is 0 Å². The van der Waals surface area contributed by atoms with Crippen molar-refractivity contribution in [1.29, 1.82) is 0 Å². The van der Waals surface area contributed by atoms with Crippen molar-refractivity contribution in [3.63, 3.8) is 0 Å². The highest BCUT2D eigenvalue weighted by atomic mass is 35.5. The Bertz CT molecular complexity index is 2010. The molecule has 0 saturated carbocycles. The first-order chi connectivity index (χ1) is 23.8. The van der Waals surface area contributed by atoms with Crippen molar-refractivity contribution in [3.8, 4) is 17.4 Å². The Labute approximate surface area is 292 Å². The normalized spacial score (nSPS) is 13.8. The van der Waals surface area contributed by atoms with Crippen molar-refractivity contribution in [2.75, 3.05) is 44.7 Å². The fraction of sp³-hybridized carbons (Fsp3) is 0.270.